The Balaban J connectivity index is 2.83. The van der Waals surface area contributed by atoms with Crippen molar-refractivity contribution in [2.75, 3.05) is 6.54 Å². The van der Waals surface area contributed by atoms with Gasteiger partial charge in [-0.2, -0.15) is 13.2 Å². The first kappa shape index (κ1) is 10.3. The van der Waals surface area contributed by atoms with Gasteiger partial charge < -0.3 is 16.2 Å². The van der Waals surface area contributed by atoms with Crippen molar-refractivity contribution in [1.29, 1.82) is 0 Å². The first-order chi connectivity index (χ1) is 5.84. The van der Waals surface area contributed by atoms with Crippen molar-refractivity contribution in [2.24, 2.45) is 11.7 Å². The van der Waals surface area contributed by atoms with Crippen molar-refractivity contribution in [2.45, 2.75) is 18.3 Å². The van der Waals surface area contributed by atoms with Gasteiger partial charge in [0.15, 0.2) is 0 Å². The normalized spacial score (nSPS) is 34.9. The Kier molecular flexibility index (Phi) is 2.49. The number of alkyl halides is 3. The van der Waals surface area contributed by atoms with Gasteiger partial charge in [0.1, 0.15) is 6.04 Å². The summed E-state index contributed by atoms with van der Waals surface area (Å²) in [5, 5.41) is 10.7. The number of aliphatic carboxylic acids is 1. The van der Waals surface area contributed by atoms with Crippen LogP contribution in [0.25, 0.3) is 0 Å². The monoisotopic (exact) mass is 198 g/mol. The second-order valence-corrected chi connectivity index (χ2v) is 2.96. The topological polar surface area (TPSA) is 75.3 Å². The minimum Gasteiger partial charge on any atom is -0.480 e. The van der Waals surface area contributed by atoms with Crippen LogP contribution in [0.3, 0.4) is 0 Å². The largest absolute Gasteiger partial charge is 0.480 e. The van der Waals surface area contributed by atoms with E-state index < -0.39 is 30.1 Å². The van der Waals surface area contributed by atoms with E-state index in [-0.39, 0.29) is 6.54 Å². The molecule has 4 nitrogen and oxygen atoms in total. The van der Waals surface area contributed by atoms with Crippen LogP contribution in [0.5, 0.6) is 0 Å². The first-order valence-electron chi connectivity index (χ1n) is 3.62. The highest BCUT2D eigenvalue weighted by Crippen LogP contribution is 2.33. The summed E-state index contributed by atoms with van der Waals surface area (Å²) in [7, 11) is 0. The zero-order chi connectivity index (χ0) is 10.2. The molecule has 0 radical (unpaired) electrons. The summed E-state index contributed by atoms with van der Waals surface area (Å²) in [5.41, 5.74) is 5.15. The predicted molar refractivity (Wildman–Crippen MR) is 36.9 cm³/mol. The minimum atomic E-state index is -4.56. The standard InChI is InChI=1S/C6H9F3N2O2/c7-6(8,9)3-2(10)1-11-4(3)5(12)13/h2-4,11H,1,10H2,(H,12,13)/t2?,3?,4-/m0/s1. The lowest BCUT2D eigenvalue weighted by Gasteiger charge is -2.21. The average molecular weight is 198 g/mol. The van der Waals surface area contributed by atoms with Gasteiger partial charge in [0.2, 0.25) is 0 Å². The second kappa shape index (κ2) is 3.15. The lowest BCUT2D eigenvalue weighted by atomic mass is 9.96. The van der Waals surface area contributed by atoms with Crippen molar-refractivity contribution in [3.8, 4) is 0 Å². The Morgan fingerprint density at radius 3 is 2.38 bits per heavy atom. The van der Waals surface area contributed by atoms with Gasteiger partial charge in [0.25, 0.3) is 0 Å². The number of rotatable bonds is 1. The Morgan fingerprint density at radius 2 is 2.08 bits per heavy atom. The molecule has 2 unspecified atom stereocenters. The molecule has 0 spiro atoms. The van der Waals surface area contributed by atoms with E-state index in [0.717, 1.165) is 0 Å². The zero-order valence-electron chi connectivity index (χ0n) is 6.51. The van der Waals surface area contributed by atoms with Gasteiger partial charge in [-0.3, -0.25) is 4.79 Å². The van der Waals surface area contributed by atoms with Crippen LogP contribution in [-0.4, -0.2) is 35.9 Å². The maximum Gasteiger partial charge on any atom is 0.395 e. The number of carbonyl (C=O) groups is 1. The van der Waals surface area contributed by atoms with E-state index in [1.807, 2.05) is 0 Å². The van der Waals surface area contributed by atoms with Gasteiger partial charge in [-0.25, -0.2) is 0 Å². The number of nitrogens with one attached hydrogen (secondary N) is 1. The maximum absolute atomic E-state index is 12.2. The average Bonchev–Trinajstić information content (AvgIpc) is 2.28. The molecule has 13 heavy (non-hydrogen) atoms. The third-order valence-electron chi connectivity index (χ3n) is 2.04. The molecule has 3 atom stereocenters. The Hall–Kier alpha value is -0.820. The van der Waals surface area contributed by atoms with Gasteiger partial charge in [0, 0.05) is 12.6 Å². The van der Waals surface area contributed by atoms with Gasteiger partial charge in [0.05, 0.1) is 5.92 Å². The number of hydrogen-bond donors (Lipinski definition) is 3. The van der Waals surface area contributed by atoms with Crippen LogP contribution in [0.15, 0.2) is 0 Å². The van der Waals surface area contributed by atoms with Crippen LogP contribution in [-0.2, 0) is 4.79 Å². The van der Waals surface area contributed by atoms with E-state index in [1.54, 1.807) is 0 Å². The van der Waals surface area contributed by atoms with Crippen molar-refractivity contribution in [3.05, 3.63) is 0 Å². The fraction of sp³-hybridized carbons (Fsp3) is 0.833. The summed E-state index contributed by atoms with van der Waals surface area (Å²) in [6.45, 7) is -0.124. The molecule has 1 fully saturated rings. The molecular weight excluding hydrogens is 189 g/mol. The molecule has 1 aliphatic rings. The number of carboxylic acid groups (broad SMARTS) is 1. The van der Waals surface area contributed by atoms with Gasteiger partial charge >= 0.3 is 12.1 Å². The molecule has 1 aliphatic heterocycles. The summed E-state index contributed by atoms with van der Waals surface area (Å²) in [6, 6.07) is -2.80. The SMILES string of the molecule is NC1CN[C@H](C(=O)O)C1C(F)(F)F. The molecule has 1 saturated heterocycles. The molecule has 0 amide bonds. The third-order valence-corrected chi connectivity index (χ3v) is 2.04. The summed E-state index contributed by atoms with van der Waals surface area (Å²) in [4.78, 5) is 10.4. The van der Waals surface area contributed by atoms with Gasteiger partial charge in [-0.15, -0.1) is 0 Å². The van der Waals surface area contributed by atoms with Crippen LogP contribution < -0.4 is 11.1 Å². The summed E-state index contributed by atoms with van der Waals surface area (Å²) in [6.07, 6.45) is -4.56. The molecule has 0 aliphatic carbocycles. The molecule has 0 aromatic heterocycles. The Morgan fingerprint density at radius 1 is 1.54 bits per heavy atom. The number of carboxylic acids is 1. The first-order valence-corrected chi connectivity index (χ1v) is 3.62. The molecule has 1 rings (SSSR count). The smallest absolute Gasteiger partial charge is 0.395 e. The minimum absolute atomic E-state index is 0.124. The summed E-state index contributed by atoms with van der Waals surface area (Å²) >= 11 is 0. The molecule has 4 N–H and O–H groups in total. The van der Waals surface area contributed by atoms with Crippen molar-refractivity contribution >= 4 is 5.97 Å². The highest BCUT2D eigenvalue weighted by Gasteiger charge is 2.54. The van der Waals surface area contributed by atoms with Gasteiger partial charge in [-0.05, 0) is 0 Å². The van der Waals surface area contributed by atoms with Crippen molar-refractivity contribution in [3.63, 3.8) is 0 Å². The Labute approximate surface area is 71.9 Å². The second-order valence-electron chi connectivity index (χ2n) is 2.96. The predicted octanol–water partition coefficient (Wildman–Crippen LogP) is -0.451. The summed E-state index contributed by atoms with van der Waals surface area (Å²) < 4.78 is 36.7. The fourth-order valence-electron chi connectivity index (χ4n) is 1.44. The molecule has 76 valence electrons. The lowest BCUT2D eigenvalue weighted by molar-refractivity contribution is -0.186. The van der Waals surface area contributed by atoms with E-state index in [9.17, 15) is 18.0 Å². The fourth-order valence-corrected chi connectivity index (χ4v) is 1.44. The van der Waals surface area contributed by atoms with E-state index in [2.05, 4.69) is 5.32 Å². The molecule has 0 bridgehead atoms. The van der Waals surface area contributed by atoms with E-state index in [1.165, 1.54) is 0 Å². The van der Waals surface area contributed by atoms with Crippen molar-refractivity contribution in [1.82, 2.24) is 5.32 Å². The van der Waals surface area contributed by atoms with Crippen LogP contribution in [0.2, 0.25) is 0 Å². The van der Waals surface area contributed by atoms with Crippen LogP contribution in [0.1, 0.15) is 0 Å². The molecule has 0 aromatic carbocycles. The van der Waals surface area contributed by atoms with Crippen LogP contribution in [0, 0.1) is 5.92 Å². The highest BCUT2D eigenvalue weighted by atomic mass is 19.4. The highest BCUT2D eigenvalue weighted by molar-refractivity contribution is 5.74. The number of hydrogen-bond acceptors (Lipinski definition) is 3. The molecule has 0 aromatic rings. The van der Waals surface area contributed by atoms with Gasteiger partial charge in [-0.1, -0.05) is 0 Å². The molecule has 0 saturated carbocycles. The van der Waals surface area contributed by atoms with E-state index >= 15 is 0 Å². The van der Waals surface area contributed by atoms with E-state index in [0.29, 0.717) is 0 Å². The lowest BCUT2D eigenvalue weighted by Crippen LogP contribution is -2.46. The molecule has 7 heteroatoms. The number of nitrogens with two attached hydrogens (primary N) is 1. The quantitative estimate of drug-likeness (QED) is 0.533. The van der Waals surface area contributed by atoms with Crippen molar-refractivity contribution < 1.29 is 23.1 Å². The zero-order valence-corrected chi connectivity index (χ0v) is 6.51. The third kappa shape index (κ3) is 1.92. The number of halogens is 3. The van der Waals surface area contributed by atoms with Crippen LogP contribution in [0.4, 0.5) is 13.2 Å². The van der Waals surface area contributed by atoms with E-state index in [4.69, 9.17) is 10.8 Å². The molecular formula is C6H9F3N2O2. The maximum atomic E-state index is 12.2. The van der Waals surface area contributed by atoms with Crippen LogP contribution >= 0.6 is 0 Å². The Bertz CT molecular complexity index is 218. The molecule has 1 heterocycles. The summed E-state index contributed by atoms with van der Waals surface area (Å²) in [5.74, 6) is -3.51.